The van der Waals surface area contributed by atoms with Crippen molar-refractivity contribution in [2.45, 2.75) is 12.5 Å². The van der Waals surface area contributed by atoms with Gasteiger partial charge in [0.15, 0.2) is 0 Å². The maximum Gasteiger partial charge on any atom is 0.295 e. The van der Waals surface area contributed by atoms with Crippen LogP contribution in [-0.4, -0.2) is 72.6 Å². The molecule has 2 aromatic rings. The number of ether oxygens (including phenoxy) is 2. The number of hydrogen-bond donors (Lipinski definition) is 1. The monoisotopic (exact) mass is 496 g/mol. The molecular formula is C27H29ClN2O5. The van der Waals surface area contributed by atoms with Gasteiger partial charge in [-0.1, -0.05) is 36.4 Å². The number of aliphatic hydroxyl groups excluding tert-OH is 1. The van der Waals surface area contributed by atoms with Crippen molar-refractivity contribution in [3.8, 4) is 5.75 Å². The number of rotatable bonds is 9. The van der Waals surface area contributed by atoms with Gasteiger partial charge in [-0.2, -0.15) is 0 Å². The van der Waals surface area contributed by atoms with E-state index in [9.17, 15) is 14.7 Å². The van der Waals surface area contributed by atoms with E-state index in [0.29, 0.717) is 54.7 Å². The summed E-state index contributed by atoms with van der Waals surface area (Å²) in [6, 6.07) is 13.0. The van der Waals surface area contributed by atoms with Gasteiger partial charge in [0.05, 0.1) is 24.8 Å². The van der Waals surface area contributed by atoms with E-state index in [1.807, 2.05) is 12.1 Å². The Balaban J connectivity index is 1.68. The molecule has 0 radical (unpaired) electrons. The Labute approximate surface area is 210 Å². The summed E-state index contributed by atoms with van der Waals surface area (Å²) in [6.07, 6.45) is 2.34. The molecule has 2 aromatic carbocycles. The smallest absolute Gasteiger partial charge is 0.295 e. The van der Waals surface area contributed by atoms with Gasteiger partial charge in [0.1, 0.15) is 18.1 Å². The first kappa shape index (κ1) is 25.0. The highest BCUT2D eigenvalue weighted by molar-refractivity contribution is 6.46. The zero-order chi connectivity index (χ0) is 24.8. The minimum atomic E-state index is -0.734. The van der Waals surface area contributed by atoms with Gasteiger partial charge in [-0.25, -0.2) is 0 Å². The zero-order valence-corrected chi connectivity index (χ0v) is 20.2. The Morgan fingerprint density at radius 2 is 1.89 bits per heavy atom. The van der Waals surface area contributed by atoms with E-state index in [-0.39, 0.29) is 11.3 Å². The number of Topliss-reactive ketones (excluding diaryl/α,β-unsaturated/α-hetero) is 1. The highest BCUT2D eigenvalue weighted by atomic mass is 35.5. The summed E-state index contributed by atoms with van der Waals surface area (Å²) in [6.45, 7) is 8.26. The van der Waals surface area contributed by atoms with E-state index in [4.69, 9.17) is 21.1 Å². The summed E-state index contributed by atoms with van der Waals surface area (Å²) in [4.78, 5) is 30.2. The van der Waals surface area contributed by atoms with Crippen LogP contribution >= 0.6 is 11.6 Å². The molecule has 2 aliphatic rings. The molecule has 1 amide bonds. The molecule has 184 valence electrons. The number of aliphatic hydroxyl groups is 1. The Morgan fingerprint density at radius 1 is 1.14 bits per heavy atom. The second-order valence-electron chi connectivity index (χ2n) is 8.48. The number of carbonyl (C=O) groups is 2. The van der Waals surface area contributed by atoms with Crippen molar-refractivity contribution in [2.75, 3.05) is 46.0 Å². The predicted molar refractivity (Wildman–Crippen MR) is 134 cm³/mol. The number of amides is 1. The highest BCUT2D eigenvalue weighted by Crippen LogP contribution is 2.40. The third-order valence-corrected chi connectivity index (χ3v) is 6.43. The molecule has 0 unspecified atom stereocenters. The fourth-order valence-electron chi connectivity index (χ4n) is 4.44. The number of ketones is 1. The van der Waals surface area contributed by atoms with Gasteiger partial charge < -0.3 is 19.5 Å². The number of carbonyl (C=O) groups excluding carboxylic acids is 2. The molecule has 2 heterocycles. The maximum atomic E-state index is 13.2. The van der Waals surface area contributed by atoms with Crippen molar-refractivity contribution in [2.24, 2.45) is 0 Å². The largest absolute Gasteiger partial charge is 0.507 e. The lowest BCUT2D eigenvalue weighted by molar-refractivity contribution is -0.140. The fraction of sp³-hybridized carbons (Fsp3) is 0.333. The molecule has 2 saturated heterocycles. The normalized spacial score (nSPS) is 20.3. The lowest BCUT2D eigenvalue weighted by Gasteiger charge is -2.29. The van der Waals surface area contributed by atoms with E-state index in [0.717, 1.165) is 19.6 Å². The molecule has 8 heteroatoms. The molecule has 2 fully saturated rings. The average molecular weight is 497 g/mol. The van der Waals surface area contributed by atoms with Crippen LogP contribution in [0.2, 0.25) is 5.02 Å². The molecule has 0 spiro atoms. The zero-order valence-electron chi connectivity index (χ0n) is 19.5. The van der Waals surface area contributed by atoms with Gasteiger partial charge in [0, 0.05) is 36.8 Å². The van der Waals surface area contributed by atoms with Gasteiger partial charge >= 0.3 is 0 Å². The SMILES string of the molecule is C=CCOc1cccc([C@H]2C(=C(O)c3ccc(Cl)cc3)C(=O)C(=O)N2CCCN2CCOCC2)c1. The van der Waals surface area contributed by atoms with Crippen molar-refractivity contribution in [1.29, 1.82) is 0 Å². The van der Waals surface area contributed by atoms with Crippen LogP contribution in [0.25, 0.3) is 5.76 Å². The van der Waals surface area contributed by atoms with Gasteiger partial charge in [0.2, 0.25) is 0 Å². The first-order valence-corrected chi connectivity index (χ1v) is 12.1. The van der Waals surface area contributed by atoms with Crippen LogP contribution in [0.15, 0.2) is 66.8 Å². The topological polar surface area (TPSA) is 79.3 Å². The number of nitrogens with zero attached hydrogens (tertiary/aromatic N) is 2. The van der Waals surface area contributed by atoms with Crippen LogP contribution in [0.5, 0.6) is 5.75 Å². The lowest BCUT2D eigenvalue weighted by atomic mass is 9.95. The van der Waals surface area contributed by atoms with E-state index in [1.54, 1.807) is 47.4 Å². The van der Waals surface area contributed by atoms with Crippen LogP contribution in [0.1, 0.15) is 23.6 Å². The Bertz CT molecular complexity index is 1110. The minimum absolute atomic E-state index is 0.0598. The second-order valence-corrected chi connectivity index (χ2v) is 8.92. The van der Waals surface area contributed by atoms with Crippen molar-refractivity contribution >= 4 is 29.1 Å². The molecular weight excluding hydrogens is 468 g/mol. The summed E-state index contributed by atoms with van der Waals surface area (Å²) < 4.78 is 11.1. The Hall–Kier alpha value is -3.13. The molecule has 7 nitrogen and oxygen atoms in total. The molecule has 4 rings (SSSR count). The van der Waals surface area contributed by atoms with Gasteiger partial charge in [-0.05, 0) is 48.4 Å². The number of halogens is 1. The molecule has 1 atom stereocenters. The fourth-order valence-corrected chi connectivity index (χ4v) is 4.57. The number of morpholine rings is 1. The number of likely N-dealkylation sites (tertiary alicyclic amines) is 1. The summed E-state index contributed by atoms with van der Waals surface area (Å²) in [5.41, 5.74) is 1.17. The third kappa shape index (κ3) is 5.75. The molecule has 35 heavy (non-hydrogen) atoms. The van der Waals surface area contributed by atoms with E-state index in [2.05, 4.69) is 11.5 Å². The second kappa shape index (κ2) is 11.5. The van der Waals surface area contributed by atoms with Crippen LogP contribution in [-0.2, 0) is 14.3 Å². The predicted octanol–water partition coefficient (Wildman–Crippen LogP) is 4.05. The molecule has 0 aromatic heterocycles. The van der Waals surface area contributed by atoms with Crippen LogP contribution in [0.3, 0.4) is 0 Å². The standard InChI is InChI=1S/C27H29ClN2O5/c1-2-15-35-22-6-3-5-20(18-22)24-23(25(31)19-7-9-21(28)10-8-19)26(32)27(33)30(24)12-4-11-29-13-16-34-17-14-29/h2-3,5-10,18,24,31H,1,4,11-17H2/t24-/m0/s1. The summed E-state index contributed by atoms with van der Waals surface area (Å²) >= 11 is 6.00. The lowest BCUT2D eigenvalue weighted by Crippen LogP contribution is -2.38. The minimum Gasteiger partial charge on any atom is -0.507 e. The third-order valence-electron chi connectivity index (χ3n) is 6.18. The molecule has 2 aliphatic heterocycles. The van der Waals surface area contributed by atoms with Crippen molar-refractivity contribution in [1.82, 2.24) is 9.80 Å². The Morgan fingerprint density at radius 3 is 2.60 bits per heavy atom. The summed E-state index contributed by atoms with van der Waals surface area (Å²) in [7, 11) is 0. The molecule has 1 N–H and O–H groups in total. The first-order chi connectivity index (χ1) is 17.0. The van der Waals surface area contributed by atoms with Gasteiger partial charge in [0.25, 0.3) is 11.7 Å². The Kier molecular flexibility index (Phi) is 8.23. The van der Waals surface area contributed by atoms with E-state index >= 15 is 0 Å². The van der Waals surface area contributed by atoms with Crippen molar-refractivity contribution in [3.63, 3.8) is 0 Å². The summed E-state index contributed by atoms with van der Waals surface area (Å²) in [5, 5.41) is 11.7. The van der Waals surface area contributed by atoms with Crippen LogP contribution < -0.4 is 4.74 Å². The van der Waals surface area contributed by atoms with Crippen molar-refractivity contribution < 1.29 is 24.2 Å². The van der Waals surface area contributed by atoms with Gasteiger partial charge in [-0.3, -0.25) is 14.5 Å². The van der Waals surface area contributed by atoms with Gasteiger partial charge in [-0.15, -0.1) is 0 Å². The highest BCUT2D eigenvalue weighted by Gasteiger charge is 2.46. The quantitative estimate of drug-likeness (QED) is 0.244. The summed E-state index contributed by atoms with van der Waals surface area (Å²) in [5.74, 6) is -0.956. The number of hydrogen-bond acceptors (Lipinski definition) is 6. The van der Waals surface area contributed by atoms with E-state index < -0.39 is 17.7 Å². The average Bonchev–Trinajstić information content (AvgIpc) is 3.13. The van der Waals surface area contributed by atoms with Crippen LogP contribution in [0, 0.1) is 0 Å². The first-order valence-electron chi connectivity index (χ1n) is 11.7. The maximum absolute atomic E-state index is 13.2. The van der Waals surface area contributed by atoms with Crippen molar-refractivity contribution in [3.05, 3.63) is 82.9 Å². The van der Waals surface area contributed by atoms with E-state index in [1.165, 1.54) is 0 Å². The van der Waals surface area contributed by atoms with Crippen LogP contribution in [0.4, 0.5) is 0 Å². The number of benzene rings is 2. The molecule has 0 bridgehead atoms. The molecule has 0 aliphatic carbocycles. The molecule has 0 saturated carbocycles.